The van der Waals surface area contributed by atoms with Crippen LogP contribution in [0.15, 0.2) is 78.9 Å². The molecule has 1 atom stereocenters. The van der Waals surface area contributed by atoms with Gasteiger partial charge < -0.3 is 19.5 Å². The van der Waals surface area contributed by atoms with Gasteiger partial charge in [-0.3, -0.25) is 4.79 Å². The number of aromatic hydroxyl groups is 1. The summed E-state index contributed by atoms with van der Waals surface area (Å²) in [6, 6.07) is 24.3. The molecule has 0 saturated carbocycles. The molecule has 0 radical (unpaired) electrons. The van der Waals surface area contributed by atoms with Gasteiger partial charge in [-0.05, 0) is 48.7 Å². The molecule has 31 heavy (non-hydrogen) atoms. The highest BCUT2D eigenvalue weighted by molar-refractivity contribution is 5.94. The van der Waals surface area contributed by atoms with Gasteiger partial charge in [0.2, 0.25) is 0 Å². The Labute approximate surface area is 182 Å². The molecule has 1 saturated heterocycles. The number of hydrogen-bond acceptors (Lipinski definition) is 4. The van der Waals surface area contributed by atoms with Crippen LogP contribution in [0, 0.1) is 0 Å². The van der Waals surface area contributed by atoms with E-state index in [2.05, 4.69) is 0 Å². The molecule has 1 unspecified atom stereocenters. The van der Waals surface area contributed by atoms with Crippen LogP contribution in [0.5, 0.6) is 11.5 Å². The predicted octanol–water partition coefficient (Wildman–Crippen LogP) is 4.79. The molecule has 4 rings (SSSR count). The van der Waals surface area contributed by atoms with E-state index in [-0.39, 0.29) is 17.8 Å². The third-order valence-electron chi connectivity index (χ3n) is 5.44. The molecule has 160 valence electrons. The molecule has 5 heteroatoms. The fourth-order valence-corrected chi connectivity index (χ4v) is 3.72. The van der Waals surface area contributed by atoms with E-state index < -0.39 is 0 Å². The summed E-state index contributed by atoms with van der Waals surface area (Å²) in [5, 5.41) is 10.2. The zero-order valence-electron chi connectivity index (χ0n) is 17.4. The molecule has 0 spiro atoms. The highest BCUT2D eigenvalue weighted by Gasteiger charge is 2.24. The van der Waals surface area contributed by atoms with Gasteiger partial charge in [-0.15, -0.1) is 0 Å². The van der Waals surface area contributed by atoms with Gasteiger partial charge in [0, 0.05) is 30.8 Å². The third-order valence-corrected chi connectivity index (χ3v) is 5.44. The number of phenols is 1. The summed E-state index contributed by atoms with van der Waals surface area (Å²) >= 11 is 0. The molecule has 1 N–H and O–H groups in total. The summed E-state index contributed by atoms with van der Waals surface area (Å²) in [4.78, 5) is 15.0. The van der Waals surface area contributed by atoms with Gasteiger partial charge in [0.25, 0.3) is 5.91 Å². The Bertz CT molecular complexity index is 982. The molecule has 3 aromatic rings. The van der Waals surface area contributed by atoms with E-state index >= 15 is 0 Å². The van der Waals surface area contributed by atoms with Crippen LogP contribution in [0.3, 0.4) is 0 Å². The maximum atomic E-state index is 13.3. The van der Waals surface area contributed by atoms with Crippen molar-refractivity contribution in [3.8, 4) is 11.5 Å². The van der Waals surface area contributed by atoms with Crippen molar-refractivity contribution in [3.63, 3.8) is 0 Å². The van der Waals surface area contributed by atoms with Crippen molar-refractivity contribution in [1.29, 1.82) is 0 Å². The van der Waals surface area contributed by atoms with Gasteiger partial charge in [-0.2, -0.15) is 0 Å². The van der Waals surface area contributed by atoms with E-state index in [9.17, 15) is 9.90 Å². The molecule has 1 aliphatic heterocycles. The molecule has 0 aliphatic carbocycles. The van der Waals surface area contributed by atoms with Crippen molar-refractivity contribution in [3.05, 3.63) is 95.6 Å². The maximum Gasteiger partial charge on any atom is 0.254 e. The summed E-state index contributed by atoms with van der Waals surface area (Å²) in [7, 11) is 0. The average molecular weight is 418 g/mol. The second-order valence-corrected chi connectivity index (χ2v) is 7.75. The first-order chi connectivity index (χ1) is 15.2. The van der Waals surface area contributed by atoms with E-state index in [0.29, 0.717) is 31.0 Å². The average Bonchev–Trinajstić information content (AvgIpc) is 3.32. The Kier molecular flexibility index (Phi) is 6.85. The van der Waals surface area contributed by atoms with Crippen LogP contribution >= 0.6 is 0 Å². The molecule has 0 bridgehead atoms. The van der Waals surface area contributed by atoms with Crippen molar-refractivity contribution in [1.82, 2.24) is 4.90 Å². The Morgan fingerprint density at radius 3 is 2.45 bits per heavy atom. The van der Waals surface area contributed by atoms with Gasteiger partial charge in [0.15, 0.2) is 0 Å². The summed E-state index contributed by atoms with van der Waals surface area (Å²) in [6.07, 6.45) is 1.98. The standard InChI is InChI=1S/C26H27NO4/c28-25-11-5-4-9-22(25)17-27(18-24-10-6-16-30-24)26(29)21-12-14-23(15-13-21)31-19-20-7-2-1-3-8-20/h1-5,7-9,11-15,24,28H,6,10,16-19H2. The van der Waals surface area contributed by atoms with Crippen LogP contribution in [0.2, 0.25) is 0 Å². The second-order valence-electron chi connectivity index (χ2n) is 7.75. The van der Waals surface area contributed by atoms with Crippen LogP contribution < -0.4 is 4.74 Å². The molecule has 1 aliphatic rings. The number of benzene rings is 3. The first-order valence-corrected chi connectivity index (χ1v) is 10.6. The fraction of sp³-hybridized carbons (Fsp3) is 0.269. The molecular weight excluding hydrogens is 390 g/mol. The first kappa shape index (κ1) is 20.9. The first-order valence-electron chi connectivity index (χ1n) is 10.6. The summed E-state index contributed by atoms with van der Waals surface area (Å²) < 4.78 is 11.6. The minimum Gasteiger partial charge on any atom is -0.508 e. The monoisotopic (exact) mass is 417 g/mol. The number of hydrogen-bond donors (Lipinski definition) is 1. The molecule has 1 amide bonds. The number of ether oxygens (including phenoxy) is 2. The summed E-state index contributed by atoms with van der Waals surface area (Å²) in [6.45, 7) is 2.04. The highest BCUT2D eigenvalue weighted by atomic mass is 16.5. The number of phenolic OH excluding ortho intramolecular Hbond substituents is 1. The smallest absolute Gasteiger partial charge is 0.254 e. The zero-order valence-corrected chi connectivity index (χ0v) is 17.4. The van der Waals surface area contributed by atoms with Crippen molar-refractivity contribution < 1.29 is 19.4 Å². The zero-order chi connectivity index (χ0) is 21.5. The molecule has 1 heterocycles. The maximum absolute atomic E-state index is 13.3. The van der Waals surface area contributed by atoms with Gasteiger partial charge in [0.05, 0.1) is 6.10 Å². The minimum atomic E-state index is -0.0895. The largest absolute Gasteiger partial charge is 0.508 e. The van der Waals surface area contributed by atoms with Crippen LogP contribution in [-0.4, -0.2) is 35.2 Å². The van der Waals surface area contributed by atoms with Gasteiger partial charge in [0.1, 0.15) is 18.1 Å². The highest BCUT2D eigenvalue weighted by Crippen LogP contribution is 2.22. The third kappa shape index (κ3) is 5.64. The number of para-hydroxylation sites is 1. The van der Waals surface area contributed by atoms with Crippen LogP contribution in [-0.2, 0) is 17.9 Å². The predicted molar refractivity (Wildman–Crippen MR) is 119 cm³/mol. The lowest BCUT2D eigenvalue weighted by Gasteiger charge is -2.26. The fourth-order valence-electron chi connectivity index (χ4n) is 3.72. The number of nitrogens with zero attached hydrogens (tertiary/aromatic N) is 1. The van der Waals surface area contributed by atoms with Gasteiger partial charge in [-0.25, -0.2) is 0 Å². The van der Waals surface area contributed by atoms with Crippen molar-refractivity contribution in [2.24, 2.45) is 0 Å². The Morgan fingerprint density at radius 2 is 1.74 bits per heavy atom. The SMILES string of the molecule is O=C(c1ccc(OCc2ccccc2)cc1)N(Cc1ccccc1O)CC1CCCO1. The molecule has 1 fully saturated rings. The number of rotatable bonds is 8. The van der Waals surface area contributed by atoms with E-state index in [1.165, 1.54) is 0 Å². The van der Waals surface area contributed by atoms with Crippen molar-refractivity contribution in [2.75, 3.05) is 13.2 Å². The number of carbonyl (C=O) groups excluding carboxylic acids is 1. The van der Waals surface area contributed by atoms with Crippen LogP contribution in [0.25, 0.3) is 0 Å². The van der Waals surface area contributed by atoms with Crippen LogP contribution in [0.4, 0.5) is 0 Å². The van der Waals surface area contributed by atoms with Gasteiger partial charge >= 0.3 is 0 Å². The van der Waals surface area contributed by atoms with Crippen LogP contribution in [0.1, 0.15) is 34.3 Å². The van der Waals surface area contributed by atoms with E-state index in [1.54, 1.807) is 29.2 Å². The topological polar surface area (TPSA) is 59.0 Å². The Hall–Kier alpha value is -3.31. The number of carbonyl (C=O) groups is 1. The quantitative estimate of drug-likeness (QED) is 0.572. The van der Waals surface area contributed by atoms with Crippen molar-refractivity contribution in [2.45, 2.75) is 32.1 Å². The van der Waals surface area contributed by atoms with E-state index in [1.807, 2.05) is 54.6 Å². The van der Waals surface area contributed by atoms with Crippen molar-refractivity contribution >= 4 is 5.91 Å². The normalized spacial score (nSPS) is 15.5. The minimum absolute atomic E-state index is 0.0308. The Balaban J connectivity index is 1.45. The summed E-state index contributed by atoms with van der Waals surface area (Å²) in [5.41, 5.74) is 2.39. The van der Waals surface area contributed by atoms with E-state index in [4.69, 9.17) is 9.47 Å². The lowest BCUT2D eigenvalue weighted by molar-refractivity contribution is 0.0506. The lowest BCUT2D eigenvalue weighted by Crippen LogP contribution is -2.37. The van der Waals surface area contributed by atoms with Gasteiger partial charge in [-0.1, -0.05) is 48.5 Å². The number of amides is 1. The lowest BCUT2D eigenvalue weighted by atomic mass is 10.1. The molecule has 3 aromatic carbocycles. The molecular formula is C26H27NO4. The second kappa shape index (κ2) is 10.1. The molecule has 5 nitrogen and oxygen atoms in total. The van der Waals surface area contributed by atoms with E-state index in [0.717, 1.165) is 30.6 Å². The summed E-state index contributed by atoms with van der Waals surface area (Å²) in [5.74, 6) is 0.817. The Morgan fingerprint density at radius 1 is 1.00 bits per heavy atom. The molecule has 0 aromatic heterocycles.